The van der Waals surface area contributed by atoms with Crippen LogP contribution in [-0.4, -0.2) is 10.8 Å². The van der Waals surface area contributed by atoms with Gasteiger partial charge in [-0.05, 0) is 53.5 Å². The second-order valence-corrected chi connectivity index (χ2v) is 9.19. The van der Waals surface area contributed by atoms with E-state index in [9.17, 15) is 4.79 Å². The van der Waals surface area contributed by atoms with Crippen LogP contribution in [0.5, 0.6) is 5.75 Å². The van der Waals surface area contributed by atoms with Crippen molar-refractivity contribution >= 4 is 35.2 Å². The number of carbonyl (C=O) groups excluding carboxylic acids is 1. The van der Waals surface area contributed by atoms with E-state index in [0.717, 1.165) is 28.8 Å². The lowest BCUT2D eigenvalue weighted by atomic mass is 9.71. The third-order valence-corrected chi connectivity index (χ3v) is 7.70. The van der Waals surface area contributed by atoms with E-state index in [1.54, 1.807) is 6.08 Å². The summed E-state index contributed by atoms with van der Waals surface area (Å²) in [5.41, 5.74) is 3.34. The Morgan fingerprint density at radius 2 is 1.76 bits per heavy atom. The molecular weight excluding hydrogens is 376 g/mol. The molecule has 0 N–H and O–H groups in total. The molecule has 2 unspecified atom stereocenters. The van der Waals surface area contributed by atoms with E-state index >= 15 is 0 Å². The molecule has 0 saturated heterocycles. The maximum absolute atomic E-state index is 12.4. The van der Waals surface area contributed by atoms with Crippen molar-refractivity contribution in [2.75, 3.05) is 0 Å². The first-order valence-electron chi connectivity index (χ1n) is 10.1. The zero-order chi connectivity index (χ0) is 20.6. The Bertz CT molecular complexity index is 1020. The highest BCUT2D eigenvalue weighted by Crippen LogP contribution is 2.66. The van der Waals surface area contributed by atoms with Gasteiger partial charge in [0.1, 0.15) is 5.75 Å². The van der Waals surface area contributed by atoms with Gasteiger partial charge in [-0.25, -0.2) is 4.79 Å². The summed E-state index contributed by atoms with van der Waals surface area (Å²) in [7, 11) is 0. The van der Waals surface area contributed by atoms with Crippen molar-refractivity contribution in [3.63, 3.8) is 0 Å². The zero-order valence-electron chi connectivity index (χ0n) is 17.1. The fraction of sp³-hybridized carbons (Fsp3) is 0.308. The summed E-state index contributed by atoms with van der Waals surface area (Å²) in [4.78, 5) is 13.4. The van der Waals surface area contributed by atoms with Crippen LogP contribution in [0.15, 0.2) is 66.2 Å². The lowest BCUT2D eigenvalue weighted by Crippen LogP contribution is -2.31. The highest BCUT2D eigenvalue weighted by Gasteiger charge is 2.61. The van der Waals surface area contributed by atoms with Crippen molar-refractivity contribution in [1.82, 2.24) is 0 Å². The molecule has 2 aromatic carbocycles. The van der Waals surface area contributed by atoms with Crippen molar-refractivity contribution < 1.29 is 9.53 Å². The second kappa shape index (κ2) is 7.38. The maximum Gasteiger partial charge on any atom is 0.336 e. The third-order valence-electron chi connectivity index (χ3n) is 7.02. The molecule has 2 saturated carbocycles. The first-order valence-corrected chi connectivity index (χ1v) is 10.5. The van der Waals surface area contributed by atoms with Crippen LogP contribution in [0, 0.1) is 16.7 Å². The van der Waals surface area contributed by atoms with E-state index in [-0.39, 0.29) is 16.8 Å². The Morgan fingerprint density at radius 1 is 1.07 bits per heavy atom. The molecule has 2 aromatic rings. The van der Waals surface area contributed by atoms with Gasteiger partial charge < -0.3 is 4.74 Å². The van der Waals surface area contributed by atoms with Crippen LogP contribution in [0.3, 0.4) is 0 Å². The van der Waals surface area contributed by atoms with Crippen molar-refractivity contribution in [2.24, 2.45) is 16.7 Å². The molecule has 0 aliphatic heterocycles. The molecule has 0 amide bonds. The summed E-state index contributed by atoms with van der Waals surface area (Å²) in [6.07, 6.45) is 7.69. The number of hydrogen-bond acceptors (Lipinski definition) is 3. The van der Waals surface area contributed by atoms with Crippen LogP contribution >= 0.6 is 12.2 Å². The number of rotatable bonds is 4. The number of benzene rings is 2. The molecule has 0 heterocycles. The smallest absolute Gasteiger partial charge is 0.336 e. The quantitative estimate of drug-likeness (QED) is 0.252. The van der Waals surface area contributed by atoms with Crippen molar-refractivity contribution in [2.45, 2.75) is 33.6 Å². The number of hydrogen-bond donors (Lipinski definition) is 0. The Hall–Kier alpha value is -2.52. The fourth-order valence-corrected chi connectivity index (χ4v) is 5.39. The highest BCUT2D eigenvalue weighted by molar-refractivity contribution is 7.81. The molecule has 148 valence electrons. The number of fused-ring (bicyclic) bond motifs is 2. The molecule has 2 aliphatic rings. The lowest BCUT2D eigenvalue weighted by molar-refractivity contribution is -0.128. The monoisotopic (exact) mass is 402 g/mol. The normalized spacial score (nSPS) is 26.4. The standard InChI is InChI=1S/C26H26O2S/c1-25(2)21-15-16-26(25,3)24(29)20(21)17-19-11-7-8-12-22(19)28-23(27)14-13-18-9-5-4-6-10-18/h4-14,17,21H,15-16H2,1-3H3/b14-13+,20-17+. The first kappa shape index (κ1) is 19.8. The van der Waals surface area contributed by atoms with Gasteiger partial charge in [0.15, 0.2) is 0 Å². The lowest BCUT2D eigenvalue weighted by Gasteiger charge is -2.33. The minimum Gasteiger partial charge on any atom is -0.423 e. The van der Waals surface area contributed by atoms with Gasteiger partial charge in [-0.15, -0.1) is 0 Å². The van der Waals surface area contributed by atoms with Gasteiger partial charge in [0.05, 0.1) is 0 Å². The summed E-state index contributed by atoms with van der Waals surface area (Å²) < 4.78 is 5.66. The van der Waals surface area contributed by atoms with Crippen LogP contribution in [0.4, 0.5) is 0 Å². The van der Waals surface area contributed by atoms with Gasteiger partial charge in [-0.1, -0.05) is 81.5 Å². The molecule has 29 heavy (non-hydrogen) atoms. The fourth-order valence-electron chi connectivity index (χ4n) is 4.82. The number of carbonyl (C=O) groups is 1. The third kappa shape index (κ3) is 3.38. The maximum atomic E-state index is 12.4. The molecule has 0 aromatic heterocycles. The zero-order valence-corrected chi connectivity index (χ0v) is 18.0. The van der Waals surface area contributed by atoms with Gasteiger partial charge in [0, 0.05) is 21.9 Å². The minimum atomic E-state index is -0.387. The second-order valence-electron chi connectivity index (χ2n) is 8.78. The summed E-state index contributed by atoms with van der Waals surface area (Å²) in [6, 6.07) is 17.4. The van der Waals surface area contributed by atoms with Crippen molar-refractivity contribution in [3.8, 4) is 5.75 Å². The molecule has 2 nitrogen and oxygen atoms in total. The minimum absolute atomic E-state index is 0.0723. The van der Waals surface area contributed by atoms with Crippen molar-refractivity contribution in [1.29, 1.82) is 0 Å². The molecule has 2 fully saturated rings. The van der Waals surface area contributed by atoms with E-state index in [1.807, 2.05) is 54.6 Å². The van der Waals surface area contributed by atoms with Crippen LogP contribution in [0.25, 0.3) is 12.2 Å². The Kier molecular flexibility index (Phi) is 5.04. The number of allylic oxidation sites excluding steroid dienone is 1. The first-order chi connectivity index (χ1) is 13.8. The number of esters is 1. The molecule has 2 bridgehead atoms. The van der Waals surface area contributed by atoms with Crippen LogP contribution in [-0.2, 0) is 4.79 Å². The van der Waals surface area contributed by atoms with Gasteiger partial charge in [-0.2, -0.15) is 0 Å². The summed E-state index contributed by atoms with van der Waals surface area (Å²) >= 11 is 5.89. The van der Waals surface area contributed by atoms with Gasteiger partial charge in [0.2, 0.25) is 0 Å². The molecule has 0 radical (unpaired) electrons. The highest BCUT2D eigenvalue weighted by atomic mass is 32.1. The number of para-hydroxylation sites is 1. The van der Waals surface area contributed by atoms with Crippen LogP contribution < -0.4 is 4.74 Å². The molecule has 2 atom stereocenters. The summed E-state index contributed by atoms with van der Waals surface area (Å²) in [6.45, 7) is 6.96. The van der Waals surface area contributed by atoms with Crippen molar-refractivity contribution in [3.05, 3.63) is 77.4 Å². The largest absolute Gasteiger partial charge is 0.423 e. The Balaban J connectivity index is 1.58. The predicted octanol–water partition coefficient (Wildman–Crippen LogP) is 6.51. The summed E-state index contributed by atoms with van der Waals surface area (Å²) in [5, 5.41) is 0. The van der Waals surface area contributed by atoms with E-state index in [4.69, 9.17) is 17.0 Å². The predicted molar refractivity (Wildman–Crippen MR) is 123 cm³/mol. The molecule has 3 heteroatoms. The molecule has 0 spiro atoms. The van der Waals surface area contributed by atoms with Gasteiger partial charge >= 0.3 is 5.97 Å². The van der Waals surface area contributed by atoms with E-state index < -0.39 is 0 Å². The van der Waals surface area contributed by atoms with Crippen LogP contribution in [0.1, 0.15) is 44.7 Å². The van der Waals surface area contributed by atoms with E-state index in [0.29, 0.717) is 11.7 Å². The van der Waals surface area contributed by atoms with E-state index in [2.05, 4.69) is 26.8 Å². The summed E-state index contributed by atoms with van der Waals surface area (Å²) in [5.74, 6) is 0.639. The average Bonchev–Trinajstić information content (AvgIpc) is 3.02. The Labute approximate surface area is 178 Å². The topological polar surface area (TPSA) is 26.3 Å². The SMILES string of the molecule is CC12CCC(/C(=C\c3ccccc3OC(=O)/C=C/c3ccccc3)C1=S)C2(C)C. The molecule has 4 rings (SSSR count). The van der Waals surface area contributed by atoms with Crippen LogP contribution in [0.2, 0.25) is 0 Å². The number of thiocarbonyl (C=S) groups is 1. The van der Waals surface area contributed by atoms with Gasteiger partial charge in [-0.3, -0.25) is 0 Å². The van der Waals surface area contributed by atoms with E-state index in [1.165, 1.54) is 11.6 Å². The number of ether oxygens (including phenoxy) is 1. The van der Waals surface area contributed by atoms with Gasteiger partial charge in [0.25, 0.3) is 0 Å². The molecule has 2 aliphatic carbocycles. The average molecular weight is 403 g/mol. The Morgan fingerprint density at radius 3 is 2.45 bits per heavy atom. The molecular formula is C26H26O2S.